The molecule has 0 aliphatic heterocycles. The normalized spacial score (nSPS) is 12.3. The highest BCUT2D eigenvalue weighted by atomic mass is 79.9. The minimum atomic E-state index is -0.551. The van der Waals surface area contributed by atoms with Crippen molar-refractivity contribution in [3.05, 3.63) is 34.1 Å². The van der Waals surface area contributed by atoms with Crippen LogP contribution >= 0.6 is 15.9 Å². The highest BCUT2D eigenvalue weighted by Crippen LogP contribution is 2.16. The molecule has 82 valence electrons. The van der Waals surface area contributed by atoms with Crippen LogP contribution < -0.4 is 11.1 Å². The summed E-state index contributed by atoms with van der Waals surface area (Å²) >= 11 is 3.05. The first-order valence-corrected chi connectivity index (χ1v) is 5.27. The number of carbonyl (C=O) groups is 1. The van der Waals surface area contributed by atoms with Crippen molar-refractivity contribution in [2.75, 3.05) is 0 Å². The molecule has 15 heavy (non-hydrogen) atoms. The Morgan fingerprint density at radius 2 is 2.33 bits per heavy atom. The van der Waals surface area contributed by atoms with Crippen LogP contribution in [0.5, 0.6) is 0 Å². The second kappa shape index (κ2) is 5.23. The SMILES string of the molecule is C[C@@H](N)C(=O)NCc1ccc(Br)c(F)c1. The largest absolute Gasteiger partial charge is 0.351 e. The molecule has 0 radical (unpaired) electrons. The van der Waals surface area contributed by atoms with Crippen LogP contribution in [-0.2, 0) is 11.3 Å². The quantitative estimate of drug-likeness (QED) is 0.879. The van der Waals surface area contributed by atoms with Crippen molar-refractivity contribution in [3.8, 4) is 0 Å². The van der Waals surface area contributed by atoms with Gasteiger partial charge in [0.1, 0.15) is 5.82 Å². The van der Waals surface area contributed by atoms with Crippen LogP contribution in [0.1, 0.15) is 12.5 Å². The maximum atomic E-state index is 13.1. The van der Waals surface area contributed by atoms with Crippen LogP contribution in [0.3, 0.4) is 0 Å². The molecule has 1 atom stereocenters. The van der Waals surface area contributed by atoms with E-state index in [9.17, 15) is 9.18 Å². The fraction of sp³-hybridized carbons (Fsp3) is 0.300. The van der Waals surface area contributed by atoms with Crippen molar-refractivity contribution < 1.29 is 9.18 Å². The van der Waals surface area contributed by atoms with Gasteiger partial charge in [-0.15, -0.1) is 0 Å². The summed E-state index contributed by atoms with van der Waals surface area (Å²) in [6.45, 7) is 1.88. The first-order chi connectivity index (χ1) is 7.00. The molecule has 0 heterocycles. The Kier molecular flexibility index (Phi) is 4.23. The van der Waals surface area contributed by atoms with Gasteiger partial charge in [-0.1, -0.05) is 6.07 Å². The average Bonchev–Trinajstić information content (AvgIpc) is 2.19. The molecule has 1 amide bonds. The number of nitrogens with one attached hydrogen (secondary N) is 1. The van der Waals surface area contributed by atoms with Crippen LogP contribution in [0.25, 0.3) is 0 Å². The van der Waals surface area contributed by atoms with E-state index in [2.05, 4.69) is 21.2 Å². The molecule has 5 heteroatoms. The Bertz CT molecular complexity index is 368. The molecule has 1 aromatic rings. The lowest BCUT2D eigenvalue weighted by Crippen LogP contribution is -2.37. The van der Waals surface area contributed by atoms with Crippen molar-refractivity contribution in [2.45, 2.75) is 19.5 Å². The van der Waals surface area contributed by atoms with E-state index in [0.717, 1.165) is 0 Å². The van der Waals surface area contributed by atoms with Crippen molar-refractivity contribution in [1.82, 2.24) is 5.32 Å². The number of amides is 1. The van der Waals surface area contributed by atoms with E-state index in [1.54, 1.807) is 19.1 Å². The fourth-order valence-corrected chi connectivity index (χ4v) is 1.25. The van der Waals surface area contributed by atoms with Crippen LogP contribution in [0.4, 0.5) is 4.39 Å². The first-order valence-electron chi connectivity index (χ1n) is 4.48. The molecule has 0 aliphatic rings. The Hall–Kier alpha value is -0.940. The second-order valence-corrected chi connectivity index (χ2v) is 4.11. The van der Waals surface area contributed by atoms with Gasteiger partial charge in [0.25, 0.3) is 0 Å². The maximum absolute atomic E-state index is 13.1. The van der Waals surface area contributed by atoms with Gasteiger partial charge in [-0.05, 0) is 40.5 Å². The first kappa shape index (κ1) is 12.1. The molecule has 0 spiro atoms. The van der Waals surface area contributed by atoms with Crippen molar-refractivity contribution in [1.29, 1.82) is 0 Å². The topological polar surface area (TPSA) is 55.1 Å². The van der Waals surface area contributed by atoms with Gasteiger partial charge >= 0.3 is 0 Å². The summed E-state index contributed by atoms with van der Waals surface area (Å²) in [5.74, 6) is -0.596. The molecule has 0 saturated heterocycles. The van der Waals surface area contributed by atoms with E-state index >= 15 is 0 Å². The molecule has 0 aliphatic carbocycles. The minimum absolute atomic E-state index is 0.252. The number of hydrogen-bond acceptors (Lipinski definition) is 2. The molecular formula is C10H12BrFN2O. The molecule has 0 bridgehead atoms. The van der Waals surface area contributed by atoms with Crippen molar-refractivity contribution >= 4 is 21.8 Å². The van der Waals surface area contributed by atoms with Gasteiger partial charge in [-0.3, -0.25) is 4.79 Å². The predicted octanol–water partition coefficient (Wildman–Crippen LogP) is 1.55. The zero-order chi connectivity index (χ0) is 11.4. The van der Waals surface area contributed by atoms with E-state index in [-0.39, 0.29) is 18.3 Å². The molecule has 0 aromatic heterocycles. The molecule has 1 rings (SSSR count). The van der Waals surface area contributed by atoms with E-state index in [1.807, 2.05) is 0 Å². The smallest absolute Gasteiger partial charge is 0.236 e. The Labute approximate surface area is 96.0 Å². The number of halogens is 2. The van der Waals surface area contributed by atoms with E-state index in [1.165, 1.54) is 6.07 Å². The Morgan fingerprint density at radius 3 is 2.87 bits per heavy atom. The van der Waals surface area contributed by atoms with Gasteiger partial charge in [-0.25, -0.2) is 4.39 Å². The third-order valence-corrected chi connectivity index (χ3v) is 2.51. The predicted molar refractivity (Wildman–Crippen MR) is 59.6 cm³/mol. The summed E-state index contributed by atoms with van der Waals surface area (Å²) in [4.78, 5) is 11.1. The summed E-state index contributed by atoms with van der Waals surface area (Å²) in [5, 5.41) is 2.60. The van der Waals surface area contributed by atoms with E-state index in [4.69, 9.17) is 5.73 Å². The Morgan fingerprint density at radius 1 is 1.67 bits per heavy atom. The zero-order valence-corrected chi connectivity index (χ0v) is 9.84. The monoisotopic (exact) mass is 274 g/mol. The standard InChI is InChI=1S/C10H12BrFN2O/c1-6(13)10(15)14-5-7-2-3-8(11)9(12)4-7/h2-4,6H,5,13H2,1H3,(H,14,15)/t6-/m1/s1. The number of nitrogens with two attached hydrogens (primary N) is 1. The lowest BCUT2D eigenvalue weighted by atomic mass is 10.2. The van der Waals surface area contributed by atoms with Crippen LogP contribution in [0.2, 0.25) is 0 Å². The summed E-state index contributed by atoms with van der Waals surface area (Å²) < 4.78 is 13.5. The molecule has 0 unspecified atom stereocenters. The summed E-state index contributed by atoms with van der Waals surface area (Å²) in [7, 11) is 0. The van der Waals surface area contributed by atoms with Crippen molar-refractivity contribution in [3.63, 3.8) is 0 Å². The third-order valence-electron chi connectivity index (χ3n) is 1.86. The average molecular weight is 275 g/mol. The highest BCUT2D eigenvalue weighted by molar-refractivity contribution is 9.10. The van der Waals surface area contributed by atoms with Crippen molar-refractivity contribution in [2.24, 2.45) is 5.73 Å². The number of benzene rings is 1. The van der Waals surface area contributed by atoms with E-state index < -0.39 is 6.04 Å². The molecule has 0 fully saturated rings. The van der Waals surface area contributed by atoms with Gasteiger partial charge in [0.15, 0.2) is 0 Å². The van der Waals surface area contributed by atoms with Gasteiger partial charge < -0.3 is 11.1 Å². The van der Waals surface area contributed by atoms with Gasteiger partial charge in [-0.2, -0.15) is 0 Å². The number of carbonyl (C=O) groups excluding carboxylic acids is 1. The molecule has 0 saturated carbocycles. The van der Waals surface area contributed by atoms with Gasteiger partial charge in [0.05, 0.1) is 10.5 Å². The lowest BCUT2D eigenvalue weighted by Gasteiger charge is -2.07. The molecular weight excluding hydrogens is 263 g/mol. The summed E-state index contributed by atoms with van der Waals surface area (Å²) in [5.41, 5.74) is 6.06. The molecule has 3 N–H and O–H groups in total. The fourth-order valence-electron chi connectivity index (χ4n) is 1.000. The molecule has 3 nitrogen and oxygen atoms in total. The van der Waals surface area contributed by atoms with Crippen LogP contribution in [0.15, 0.2) is 22.7 Å². The third kappa shape index (κ3) is 3.60. The minimum Gasteiger partial charge on any atom is -0.351 e. The van der Waals surface area contributed by atoms with E-state index in [0.29, 0.717) is 10.0 Å². The highest BCUT2D eigenvalue weighted by Gasteiger charge is 2.07. The molecule has 1 aromatic carbocycles. The maximum Gasteiger partial charge on any atom is 0.236 e. The number of hydrogen-bond donors (Lipinski definition) is 2. The zero-order valence-electron chi connectivity index (χ0n) is 8.26. The lowest BCUT2D eigenvalue weighted by molar-refractivity contribution is -0.122. The summed E-state index contributed by atoms with van der Waals surface area (Å²) in [6.07, 6.45) is 0. The summed E-state index contributed by atoms with van der Waals surface area (Å²) in [6, 6.07) is 4.15. The van der Waals surface area contributed by atoms with Gasteiger partial charge in [0.2, 0.25) is 5.91 Å². The van der Waals surface area contributed by atoms with Crippen LogP contribution in [0, 0.1) is 5.82 Å². The van der Waals surface area contributed by atoms with Crippen LogP contribution in [-0.4, -0.2) is 11.9 Å². The Balaban J connectivity index is 2.58. The number of rotatable bonds is 3. The van der Waals surface area contributed by atoms with Gasteiger partial charge in [0, 0.05) is 6.54 Å². The second-order valence-electron chi connectivity index (χ2n) is 3.25.